The molecule has 0 saturated heterocycles. The second-order valence-corrected chi connectivity index (χ2v) is 6.59. The number of amides is 1. The fourth-order valence-corrected chi connectivity index (χ4v) is 3.10. The van der Waals surface area contributed by atoms with E-state index >= 15 is 0 Å². The Kier molecular flexibility index (Phi) is 4.61. The molecule has 0 aliphatic heterocycles. The van der Waals surface area contributed by atoms with E-state index in [2.05, 4.69) is 15.4 Å². The van der Waals surface area contributed by atoms with Crippen molar-refractivity contribution in [2.45, 2.75) is 20.4 Å². The number of fused-ring (bicyclic) bond motifs is 1. The van der Waals surface area contributed by atoms with Gasteiger partial charge in [-0.05, 0) is 43.7 Å². The fraction of sp³-hybridized carbons (Fsp3) is 0.136. The molecule has 1 amide bonds. The highest BCUT2D eigenvalue weighted by atomic mass is 19.1. The third-order valence-corrected chi connectivity index (χ3v) is 4.58. The zero-order valence-electron chi connectivity index (χ0n) is 15.6. The van der Waals surface area contributed by atoms with Crippen LogP contribution in [0.15, 0.2) is 60.9 Å². The number of nitrogens with zero attached hydrogens (tertiary/aromatic N) is 3. The Morgan fingerprint density at radius 1 is 1.18 bits per heavy atom. The number of anilines is 1. The Balaban J connectivity index is 1.80. The van der Waals surface area contributed by atoms with Gasteiger partial charge in [-0.3, -0.25) is 9.48 Å². The van der Waals surface area contributed by atoms with Gasteiger partial charge in [0, 0.05) is 23.7 Å². The van der Waals surface area contributed by atoms with Crippen LogP contribution in [0.4, 0.5) is 10.1 Å². The zero-order chi connectivity index (χ0) is 19.7. The van der Waals surface area contributed by atoms with Crippen LogP contribution in [0.2, 0.25) is 0 Å². The van der Waals surface area contributed by atoms with E-state index in [0.717, 1.165) is 17.7 Å². The number of carbonyl (C=O) groups is 1. The Hall–Kier alpha value is -3.54. The molecule has 2 heterocycles. The predicted molar refractivity (Wildman–Crippen MR) is 108 cm³/mol. The van der Waals surface area contributed by atoms with Gasteiger partial charge in [-0.15, -0.1) is 0 Å². The molecule has 0 aliphatic carbocycles. The van der Waals surface area contributed by atoms with Crippen LogP contribution in [0.5, 0.6) is 0 Å². The predicted octanol–water partition coefficient (Wildman–Crippen LogP) is 4.82. The molecular formula is C22H19FN4O. The van der Waals surface area contributed by atoms with E-state index in [4.69, 9.17) is 0 Å². The minimum Gasteiger partial charge on any atom is -0.319 e. The highest BCUT2D eigenvalue weighted by Gasteiger charge is 2.16. The van der Waals surface area contributed by atoms with Crippen molar-refractivity contribution in [1.82, 2.24) is 14.8 Å². The summed E-state index contributed by atoms with van der Waals surface area (Å²) < 4.78 is 15.9. The lowest BCUT2D eigenvalue weighted by atomic mass is 10.0. The maximum atomic E-state index is 14.1. The largest absolute Gasteiger partial charge is 0.319 e. The smallest absolute Gasteiger partial charge is 0.256 e. The van der Waals surface area contributed by atoms with Crippen LogP contribution in [0.1, 0.15) is 22.8 Å². The molecule has 2 aromatic carbocycles. The second kappa shape index (κ2) is 7.23. The topological polar surface area (TPSA) is 59.8 Å². The summed E-state index contributed by atoms with van der Waals surface area (Å²) in [6.07, 6.45) is 3.61. The van der Waals surface area contributed by atoms with Gasteiger partial charge in [0.25, 0.3) is 5.91 Å². The Morgan fingerprint density at radius 2 is 2.00 bits per heavy atom. The summed E-state index contributed by atoms with van der Waals surface area (Å²) in [4.78, 5) is 17.7. The molecule has 140 valence electrons. The van der Waals surface area contributed by atoms with Crippen LogP contribution < -0.4 is 5.32 Å². The van der Waals surface area contributed by atoms with E-state index in [9.17, 15) is 9.18 Å². The normalized spacial score (nSPS) is 11.0. The number of halogens is 1. The van der Waals surface area contributed by atoms with Gasteiger partial charge < -0.3 is 5.32 Å². The van der Waals surface area contributed by atoms with Crippen molar-refractivity contribution in [2.75, 3.05) is 5.32 Å². The average molecular weight is 374 g/mol. The van der Waals surface area contributed by atoms with E-state index < -0.39 is 5.82 Å². The molecule has 4 aromatic rings. The number of rotatable bonds is 4. The second-order valence-electron chi connectivity index (χ2n) is 6.59. The third-order valence-electron chi connectivity index (χ3n) is 4.58. The zero-order valence-corrected chi connectivity index (χ0v) is 15.6. The van der Waals surface area contributed by atoms with Crippen LogP contribution in [0.3, 0.4) is 0 Å². The minimum atomic E-state index is -0.471. The summed E-state index contributed by atoms with van der Waals surface area (Å²) in [5.74, 6) is -0.853. The molecule has 6 heteroatoms. The van der Waals surface area contributed by atoms with E-state index in [1.165, 1.54) is 6.07 Å². The summed E-state index contributed by atoms with van der Waals surface area (Å²) in [6.45, 7) is 4.59. The molecule has 5 nitrogen and oxygen atoms in total. The lowest BCUT2D eigenvalue weighted by molar-refractivity contribution is 0.102. The maximum absolute atomic E-state index is 14.1. The number of benzene rings is 2. The van der Waals surface area contributed by atoms with Crippen LogP contribution in [0.25, 0.3) is 22.2 Å². The SMILES string of the molecule is CCn1cc(-c2cc(C(=O)Nc3cc(C)ccc3F)c3ccccc3n2)cn1. The third kappa shape index (κ3) is 3.36. The molecule has 0 saturated carbocycles. The number of hydrogen-bond donors (Lipinski definition) is 1. The molecule has 4 rings (SSSR count). The van der Waals surface area contributed by atoms with Crippen molar-refractivity contribution in [2.24, 2.45) is 0 Å². The first-order valence-corrected chi connectivity index (χ1v) is 9.05. The monoisotopic (exact) mass is 374 g/mol. The quantitative estimate of drug-likeness (QED) is 0.557. The molecule has 0 spiro atoms. The maximum Gasteiger partial charge on any atom is 0.256 e. The lowest BCUT2D eigenvalue weighted by Crippen LogP contribution is -2.14. The number of nitrogens with one attached hydrogen (secondary N) is 1. The van der Waals surface area contributed by atoms with Gasteiger partial charge in [0.1, 0.15) is 5.82 Å². The van der Waals surface area contributed by atoms with Gasteiger partial charge in [0.05, 0.1) is 28.7 Å². The molecule has 0 fully saturated rings. The van der Waals surface area contributed by atoms with Crippen molar-refractivity contribution < 1.29 is 9.18 Å². The van der Waals surface area contributed by atoms with E-state index in [1.807, 2.05) is 44.3 Å². The number of aromatic nitrogens is 3. The molecule has 0 unspecified atom stereocenters. The van der Waals surface area contributed by atoms with Gasteiger partial charge in [-0.2, -0.15) is 5.10 Å². The summed E-state index contributed by atoms with van der Waals surface area (Å²) in [6, 6.07) is 13.8. The Morgan fingerprint density at radius 3 is 2.79 bits per heavy atom. The summed E-state index contributed by atoms with van der Waals surface area (Å²) >= 11 is 0. The molecule has 28 heavy (non-hydrogen) atoms. The van der Waals surface area contributed by atoms with Crippen molar-refractivity contribution in [3.05, 3.63) is 77.9 Å². The number of para-hydroxylation sites is 1. The first-order chi connectivity index (χ1) is 13.5. The number of aryl methyl sites for hydroxylation is 2. The van der Waals surface area contributed by atoms with Crippen molar-refractivity contribution in [3.63, 3.8) is 0 Å². The Labute approximate surface area is 161 Å². The lowest BCUT2D eigenvalue weighted by Gasteiger charge is -2.11. The minimum absolute atomic E-state index is 0.159. The average Bonchev–Trinajstić information content (AvgIpc) is 3.19. The highest BCUT2D eigenvalue weighted by molar-refractivity contribution is 6.13. The first kappa shape index (κ1) is 17.9. The highest BCUT2D eigenvalue weighted by Crippen LogP contribution is 2.26. The standard InChI is InChI=1S/C22H19FN4O/c1-3-27-13-15(12-24-27)20-11-17(16-6-4-5-7-19(16)25-20)22(28)26-21-10-14(2)8-9-18(21)23/h4-13H,3H2,1-2H3,(H,26,28). The van der Waals surface area contributed by atoms with E-state index in [-0.39, 0.29) is 11.6 Å². The summed E-state index contributed by atoms with van der Waals surface area (Å²) in [5, 5.41) is 7.68. The van der Waals surface area contributed by atoms with Crippen molar-refractivity contribution in [3.8, 4) is 11.3 Å². The summed E-state index contributed by atoms with van der Waals surface area (Å²) in [5.41, 5.74) is 3.62. The van der Waals surface area contributed by atoms with Gasteiger partial charge in [-0.25, -0.2) is 9.37 Å². The van der Waals surface area contributed by atoms with Crippen molar-refractivity contribution in [1.29, 1.82) is 0 Å². The molecule has 0 radical (unpaired) electrons. The number of pyridine rings is 1. The van der Waals surface area contributed by atoms with Gasteiger partial charge in [0.15, 0.2) is 0 Å². The fourth-order valence-electron chi connectivity index (χ4n) is 3.10. The van der Waals surface area contributed by atoms with Gasteiger partial charge >= 0.3 is 0 Å². The summed E-state index contributed by atoms with van der Waals surface area (Å²) in [7, 11) is 0. The molecule has 2 aromatic heterocycles. The number of carbonyl (C=O) groups excluding carboxylic acids is 1. The molecule has 0 bridgehead atoms. The van der Waals surface area contributed by atoms with Crippen molar-refractivity contribution >= 4 is 22.5 Å². The van der Waals surface area contributed by atoms with Crippen LogP contribution in [-0.4, -0.2) is 20.7 Å². The van der Waals surface area contributed by atoms with Crippen LogP contribution >= 0.6 is 0 Å². The molecule has 0 aliphatic rings. The molecule has 1 N–H and O–H groups in total. The van der Waals surface area contributed by atoms with E-state index in [1.54, 1.807) is 29.1 Å². The van der Waals surface area contributed by atoms with Gasteiger partial charge in [-0.1, -0.05) is 24.3 Å². The van der Waals surface area contributed by atoms with Crippen LogP contribution in [-0.2, 0) is 6.54 Å². The van der Waals surface area contributed by atoms with Crippen LogP contribution in [0, 0.1) is 12.7 Å². The first-order valence-electron chi connectivity index (χ1n) is 9.05. The Bertz CT molecular complexity index is 1180. The van der Waals surface area contributed by atoms with Gasteiger partial charge in [0.2, 0.25) is 0 Å². The van der Waals surface area contributed by atoms with E-state index in [0.29, 0.717) is 22.2 Å². The molecule has 0 atom stereocenters. The number of hydrogen-bond acceptors (Lipinski definition) is 3. The molecular weight excluding hydrogens is 355 g/mol.